The van der Waals surface area contributed by atoms with Crippen molar-refractivity contribution in [1.82, 2.24) is 14.9 Å². The van der Waals surface area contributed by atoms with Crippen LogP contribution in [0.4, 0.5) is 0 Å². The maximum Gasteiger partial charge on any atom is 0.225 e. The fourth-order valence-corrected chi connectivity index (χ4v) is 3.20. The zero-order valence-corrected chi connectivity index (χ0v) is 16.5. The first-order valence-electron chi connectivity index (χ1n) is 9.71. The number of carbonyl (C=O) groups excluding carboxylic acids is 1. The second kappa shape index (κ2) is 8.38. The van der Waals surface area contributed by atoms with Gasteiger partial charge in [0.2, 0.25) is 5.91 Å². The first-order valence-corrected chi connectivity index (χ1v) is 9.71. The van der Waals surface area contributed by atoms with Gasteiger partial charge in [0.15, 0.2) is 0 Å². The first-order chi connectivity index (χ1) is 12.9. The van der Waals surface area contributed by atoms with E-state index in [2.05, 4.69) is 58.4 Å². The Labute approximate surface area is 161 Å². The molecule has 0 radical (unpaired) electrons. The summed E-state index contributed by atoms with van der Waals surface area (Å²) in [6, 6.07) is 18.8. The number of nitrogens with zero attached hydrogens (tertiary/aromatic N) is 2. The second-order valence-electron chi connectivity index (χ2n) is 8.01. The van der Waals surface area contributed by atoms with Crippen molar-refractivity contribution < 1.29 is 4.79 Å². The molecule has 1 aromatic heterocycles. The highest BCUT2D eigenvalue weighted by Crippen LogP contribution is 2.18. The molecule has 142 valence electrons. The molecule has 0 aliphatic rings. The van der Waals surface area contributed by atoms with Gasteiger partial charge in [-0.15, -0.1) is 0 Å². The lowest BCUT2D eigenvalue weighted by Crippen LogP contribution is -2.36. The van der Waals surface area contributed by atoms with E-state index in [9.17, 15) is 4.79 Å². The van der Waals surface area contributed by atoms with Crippen molar-refractivity contribution in [1.29, 1.82) is 0 Å². The first kappa shape index (κ1) is 19.2. The zero-order chi connectivity index (χ0) is 19.3. The van der Waals surface area contributed by atoms with E-state index in [1.165, 1.54) is 11.1 Å². The van der Waals surface area contributed by atoms with E-state index in [1.807, 2.05) is 26.8 Å². The van der Waals surface area contributed by atoms with Crippen molar-refractivity contribution >= 4 is 16.9 Å². The van der Waals surface area contributed by atoms with Gasteiger partial charge < -0.3 is 9.88 Å². The number of nitrogens with one attached hydrogen (secondary N) is 1. The second-order valence-corrected chi connectivity index (χ2v) is 8.01. The molecular weight excluding hydrogens is 334 g/mol. The van der Waals surface area contributed by atoms with E-state index in [-0.39, 0.29) is 11.3 Å². The standard InChI is InChI=1S/C23H29N3O/c1-23(2,3)22(27)24-16-15-21-25-19-13-7-8-14-20(19)26(21)17-9-12-18-10-5-4-6-11-18/h4-8,10-11,13-14H,9,12,15-17H2,1-3H3,(H,24,27). The van der Waals surface area contributed by atoms with Gasteiger partial charge in [0, 0.05) is 24.9 Å². The van der Waals surface area contributed by atoms with Crippen molar-refractivity contribution in [2.45, 2.75) is 46.6 Å². The van der Waals surface area contributed by atoms with Crippen molar-refractivity contribution in [3.8, 4) is 0 Å². The minimum atomic E-state index is -0.365. The molecule has 0 saturated heterocycles. The summed E-state index contributed by atoms with van der Waals surface area (Å²) >= 11 is 0. The minimum absolute atomic E-state index is 0.0780. The molecule has 2 aromatic carbocycles. The molecule has 1 N–H and O–H groups in total. The molecule has 0 saturated carbocycles. The summed E-state index contributed by atoms with van der Waals surface area (Å²) in [4.78, 5) is 16.9. The van der Waals surface area contributed by atoms with Crippen LogP contribution >= 0.6 is 0 Å². The Morgan fingerprint density at radius 1 is 1.00 bits per heavy atom. The van der Waals surface area contributed by atoms with Crippen LogP contribution < -0.4 is 5.32 Å². The average molecular weight is 364 g/mol. The van der Waals surface area contributed by atoms with Crippen molar-refractivity contribution in [3.63, 3.8) is 0 Å². The lowest BCUT2D eigenvalue weighted by atomic mass is 9.96. The third kappa shape index (κ3) is 4.97. The number of carbonyl (C=O) groups is 1. The Hall–Kier alpha value is -2.62. The molecular formula is C23H29N3O. The summed E-state index contributed by atoms with van der Waals surface area (Å²) in [7, 11) is 0. The number of hydrogen-bond acceptors (Lipinski definition) is 2. The third-order valence-corrected chi connectivity index (χ3v) is 4.74. The van der Waals surface area contributed by atoms with Gasteiger partial charge in [0.05, 0.1) is 11.0 Å². The Bertz CT molecular complexity index is 891. The number of aryl methyl sites for hydroxylation is 2. The summed E-state index contributed by atoms with van der Waals surface area (Å²) in [6.07, 6.45) is 2.85. The molecule has 27 heavy (non-hydrogen) atoms. The van der Waals surface area contributed by atoms with E-state index < -0.39 is 0 Å². The van der Waals surface area contributed by atoms with Gasteiger partial charge >= 0.3 is 0 Å². The summed E-state index contributed by atoms with van der Waals surface area (Å²) in [5.74, 6) is 1.12. The van der Waals surface area contributed by atoms with Crippen LogP contribution in [-0.4, -0.2) is 22.0 Å². The Morgan fingerprint density at radius 3 is 2.44 bits per heavy atom. The van der Waals surface area contributed by atoms with Gasteiger partial charge in [-0.25, -0.2) is 4.98 Å². The Balaban J connectivity index is 1.68. The zero-order valence-electron chi connectivity index (χ0n) is 16.5. The Morgan fingerprint density at radius 2 is 1.70 bits per heavy atom. The maximum atomic E-state index is 12.1. The van der Waals surface area contributed by atoms with Crippen LogP contribution in [-0.2, 0) is 24.2 Å². The normalized spacial score (nSPS) is 11.7. The van der Waals surface area contributed by atoms with Crippen LogP contribution in [0.15, 0.2) is 54.6 Å². The Kier molecular flexibility index (Phi) is 5.94. The highest BCUT2D eigenvalue weighted by molar-refractivity contribution is 5.81. The van der Waals surface area contributed by atoms with Gasteiger partial charge in [-0.3, -0.25) is 4.79 Å². The quantitative estimate of drug-likeness (QED) is 0.677. The molecule has 0 unspecified atom stereocenters. The van der Waals surface area contributed by atoms with E-state index in [0.29, 0.717) is 6.54 Å². The monoisotopic (exact) mass is 363 g/mol. The van der Waals surface area contributed by atoms with E-state index >= 15 is 0 Å². The SMILES string of the molecule is CC(C)(C)C(=O)NCCc1nc2ccccc2n1CCCc1ccccc1. The number of hydrogen-bond donors (Lipinski definition) is 1. The lowest BCUT2D eigenvalue weighted by molar-refractivity contribution is -0.128. The number of benzene rings is 2. The van der Waals surface area contributed by atoms with E-state index in [1.54, 1.807) is 0 Å². The predicted molar refractivity (Wildman–Crippen MR) is 111 cm³/mol. The van der Waals surface area contributed by atoms with Crippen LogP contribution in [0.1, 0.15) is 38.6 Å². The highest BCUT2D eigenvalue weighted by Gasteiger charge is 2.20. The van der Waals surface area contributed by atoms with Crippen LogP contribution in [0.25, 0.3) is 11.0 Å². The number of fused-ring (bicyclic) bond motifs is 1. The smallest absolute Gasteiger partial charge is 0.225 e. The number of rotatable bonds is 7. The maximum absolute atomic E-state index is 12.1. The van der Waals surface area contributed by atoms with E-state index in [4.69, 9.17) is 4.98 Å². The topological polar surface area (TPSA) is 46.9 Å². The molecule has 0 atom stereocenters. The molecule has 4 heteroatoms. The molecule has 3 aromatic rings. The molecule has 0 bridgehead atoms. The minimum Gasteiger partial charge on any atom is -0.355 e. The summed E-state index contributed by atoms with van der Waals surface area (Å²) in [5.41, 5.74) is 3.19. The van der Waals surface area contributed by atoms with Crippen molar-refractivity contribution in [2.75, 3.05) is 6.54 Å². The van der Waals surface area contributed by atoms with Crippen molar-refractivity contribution in [3.05, 3.63) is 66.0 Å². The molecule has 0 aliphatic heterocycles. The van der Waals surface area contributed by atoms with Gasteiger partial charge in [0.25, 0.3) is 0 Å². The number of para-hydroxylation sites is 2. The molecule has 3 rings (SSSR count). The predicted octanol–water partition coefficient (Wildman–Crippen LogP) is 4.37. The molecule has 1 heterocycles. The fourth-order valence-electron chi connectivity index (χ4n) is 3.20. The number of aromatic nitrogens is 2. The summed E-state index contributed by atoms with van der Waals surface area (Å²) < 4.78 is 2.31. The molecule has 0 spiro atoms. The van der Waals surface area contributed by atoms with Crippen molar-refractivity contribution in [2.24, 2.45) is 5.41 Å². The molecule has 4 nitrogen and oxygen atoms in total. The fraction of sp³-hybridized carbons (Fsp3) is 0.391. The van der Waals surface area contributed by atoms with Crippen LogP contribution in [0.3, 0.4) is 0 Å². The molecule has 0 aliphatic carbocycles. The van der Waals surface area contributed by atoms with Gasteiger partial charge in [-0.2, -0.15) is 0 Å². The van der Waals surface area contributed by atoms with Gasteiger partial charge in [-0.1, -0.05) is 63.2 Å². The summed E-state index contributed by atoms with van der Waals surface area (Å²) in [5, 5.41) is 3.03. The molecule has 1 amide bonds. The third-order valence-electron chi connectivity index (χ3n) is 4.74. The number of imidazole rings is 1. The largest absolute Gasteiger partial charge is 0.355 e. The average Bonchev–Trinajstić information content (AvgIpc) is 2.99. The molecule has 0 fully saturated rings. The van der Waals surface area contributed by atoms with Crippen LogP contribution in [0.2, 0.25) is 0 Å². The lowest BCUT2D eigenvalue weighted by Gasteiger charge is -2.17. The van der Waals surface area contributed by atoms with E-state index in [0.717, 1.165) is 37.1 Å². The highest BCUT2D eigenvalue weighted by atomic mass is 16.2. The van der Waals surface area contributed by atoms with Crippen LogP contribution in [0, 0.1) is 5.41 Å². The number of amides is 1. The van der Waals surface area contributed by atoms with Gasteiger partial charge in [-0.05, 0) is 30.5 Å². The van der Waals surface area contributed by atoms with Crippen LogP contribution in [0.5, 0.6) is 0 Å². The van der Waals surface area contributed by atoms with Gasteiger partial charge in [0.1, 0.15) is 5.82 Å². The summed E-state index contributed by atoms with van der Waals surface area (Å²) in [6.45, 7) is 7.33.